The number of halogens is 2. The maximum atomic E-state index is 12.4. The van der Waals surface area contributed by atoms with Crippen LogP contribution in [0.1, 0.15) is 20.8 Å². The van der Waals surface area contributed by atoms with Crippen LogP contribution in [0.2, 0.25) is 0 Å². The van der Waals surface area contributed by atoms with Crippen LogP contribution in [-0.4, -0.2) is 34.7 Å². The van der Waals surface area contributed by atoms with Crippen LogP contribution in [0.25, 0.3) is 34.0 Å². The SMILES string of the molecule is CC(=O)Nc1ccc(-c2cc(-c3nc(-c4ccc(S(=O)(=O)C(C)C)cc4)cnc3N)on2)cc1.Cl.Cl. The minimum atomic E-state index is -3.37. The maximum Gasteiger partial charge on any atom is 0.221 e. The quantitative estimate of drug-likeness (QED) is 0.341. The molecule has 2 heterocycles. The first-order valence-corrected chi connectivity index (χ1v) is 12.0. The number of benzene rings is 2. The van der Waals surface area contributed by atoms with Crippen molar-refractivity contribution in [1.82, 2.24) is 15.1 Å². The second kappa shape index (κ2) is 11.5. The van der Waals surface area contributed by atoms with Gasteiger partial charge in [0.25, 0.3) is 0 Å². The summed E-state index contributed by atoms with van der Waals surface area (Å²) in [4.78, 5) is 20.2. The molecule has 3 N–H and O–H groups in total. The molecule has 190 valence electrons. The van der Waals surface area contributed by atoms with Gasteiger partial charge in [0.2, 0.25) is 5.91 Å². The summed E-state index contributed by atoms with van der Waals surface area (Å²) in [6.07, 6.45) is 1.52. The zero-order valence-corrected chi connectivity index (χ0v) is 22.1. The van der Waals surface area contributed by atoms with Gasteiger partial charge in [-0.05, 0) is 38.1 Å². The van der Waals surface area contributed by atoms with E-state index in [1.807, 2.05) is 12.1 Å². The van der Waals surface area contributed by atoms with Crippen LogP contribution >= 0.6 is 24.8 Å². The van der Waals surface area contributed by atoms with Crippen LogP contribution in [0, 0.1) is 0 Å². The topological polar surface area (TPSA) is 141 Å². The number of nitrogen functional groups attached to an aromatic ring is 1. The number of hydrogen-bond acceptors (Lipinski definition) is 8. The van der Waals surface area contributed by atoms with E-state index >= 15 is 0 Å². The summed E-state index contributed by atoms with van der Waals surface area (Å²) in [5.41, 5.74) is 9.60. The van der Waals surface area contributed by atoms with Crippen LogP contribution in [0.3, 0.4) is 0 Å². The van der Waals surface area contributed by atoms with Crippen molar-refractivity contribution in [2.24, 2.45) is 0 Å². The van der Waals surface area contributed by atoms with Crippen LogP contribution in [0.5, 0.6) is 0 Å². The van der Waals surface area contributed by atoms with Gasteiger partial charge in [0.1, 0.15) is 5.69 Å². The van der Waals surface area contributed by atoms with Crippen molar-refractivity contribution >= 4 is 52.1 Å². The number of sulfone groups is 1. The number of anilines is 2. The van der Waals surface area contributed by atoms with Gasteiger partial charge in [-0.2, -0.15) is 0 Å². The number of nitrogens with one attached hydrogen (secondary N) is 1. The summed E-state index contributed by atoms with van der Waals surface area (Å²) in [6, 6.07) is 15.3. The molecule has 0 aliphatic heterocycles. The molecule has 0 fully saturated rings. The minimum Gasteiger partial charge on any atom is -0.382 e. The number of nitrogens with two attached hydrogens (primary N) is 1. The molecule has 0 radical (unpaired) electrons. The third kappa shape index (κ3) is 6.01. The van der Waals surface area contributed by atoms with Crippen molar-refractivity contribution in [3.63, 3.8) is 0 Å². The Morgan fingerprint density at radius 1 is 0.972 bits per heavy atom. The molecule has 12 heteroatoms. The number of carbonyl (C=O) groups is 1. The lowest BCUT2D eigenvalue weighted by Crippen LogP contribution is -2.13. The minimum absolute atomic E-state index is 0. The maximum absolute atomic E-state index is 12.4. The van der Waals surface area contributed by atoms with Crippen molar-refractivity contribution < 1.29 is 17.7 Å². The third-order valence-corrected chi connectivity index (χ3v) is 7.32. The largest absolute Gasteiger partial charge is 0.382 e. The lowest BCUT2D eigenvalue weighted by Gasteiger charge is -2.09. The fourth-order valence-electron chi connectivity index (χ4n) is 3.26. The summed E-state index contributed by atoms with van der Waals surface area (Å²) in [5.74, 6) is 0.361. The van der Waals surface area contributed by atoms with E-state index in [1.165, 1.54) is 13.1 Å². The molecule has 2 aromatic carbocycles. The monoisotopic (exact) mass is 549 g/mol. The molecule has 4 rings (SSSR count). The molecule has 2 aromatic heterocycles. The summed E-state index contributed by atoms with van der Waals surface area (Å²) in [6.45, 7) is 4.73. The standard InChI is InChI=1S/C24H23N5O4S.2ClH/c1-14(2)34(31,32)19-10-6-17(7-11-19)21-13-26-24(25)23(28-21)22-12-20(29-33-22)16-4-8-18(9-5-16)27-15(3)30;;/h4-14H,1-3H3,(H2,25,26)(H,27,30);2*1H. The Morgan fingerprint density at radius 3 is 2.14 bits per heavy atom. The second-order valence-corrected chi connectivity index (χ2v) is 10.4. The smallest absolute Gasteiger partial charge is 0.221 e. The molecule has 0 aliphatic rings. The van der Waals surface area contributed by atoms with Gasteiger partial charge in [0, 0.05) is 29.8 Å². The number of amides is 1. The first kappa shape index (κ1) is 28.8. The number of carbonyl (C=O) groups excluding carboxylic acids is 1. The Balaban J connectivity index is 0.00000228. The highest BCUT2D eigenvalue weighted by molar-refractivity contribution is 7.92. The lowest BCUT2D eigenvalue weighted by atomic mass is 10.1. The Labute approximate surface area is 221 Å². The molecule has 1 amide bonds. The van der Waals surface area contributed by atoms with Crippen molar-refractivity contribution in [2.75, 3.05) is 11.1 Å². The number of rotatable bonds is 6. The highest BCUT2D eigenvalue weighted by atomic mass is 35.5. The van der Waals surface area contributed by atoms with Crippen LogP contribution in [-0.2, 0) is 14.6 Å². The number of nitrogens with zero attached hydrogens (tertiary/aromatic N) is 3. The molecule has 0 unspecified atom stereocenters. The predicted octanol–water partition coefficient (Wildman–Crippen LogP) is 5.03. The molecule has 0 saturated heterocycles. The molecular weight excluding hydrogens is 525 g/mol. The molecule has 9 nitrogen and oxygen atoms in total. The molecule has 36 heavy (non-hydrogen) atoms. The van der Waals surface area contributed by atoms with Gasteiger partial charge < -0.3 is 15.6 Å². The van der Waals surface area contributed by atoms with Gasteiger partial charge in [-0.3, -0.25) is 4.79 Å². The van der Waals surface area contributed by atoms with Crippen molar-refractivity contribution in [3.05, 3.63) is 60.8 Å². The highest BCUT2D eigenvalue weighted by Gasteiger charge is 2.20. The summed E-state index contributed by atoms with van der Waals surface area (Å²) in [7, 11) is -3.37. The molecule has 0 atom stereocenters. The first-order valence-electron chi connectivity index (χ1n) is 10.5. The van der Waals surface area contributed by atoms with Gasteiger partial charge in [-0.15, -0.1) is 24.8 Å². The van der Waals surface area contributed by atoms with E-state index in [0.717, 1.165) is 5.56 Å². The van der Waals surface area contributed by atoms with Crippen molar-refractivity contribution in [2.45, 2.75) is 30.9 Å². The molecule has 0 bridgehead atoms. The Bertz CT molecular complexity index is 1450. The Hall–Kier alpha value is -3.47. The lowest BCUT2D eigenvalue weighted by molar-refractivity contribution is -0.114. The molecule has 0 spiro atoms. The molecule has 4 aromatic rings. The van der Waals surface area contributed by atoms with E-state index in [0.29, 0.717) is 34.1 Å². The van der Waals surface area contributed by atoms with Crippen LogP contribution in [0.15, 0.2) is 70.2 Å². The summed E-state index contributed by atoms with van der Waals surface area (Å²) >= 11 is 0. The van der Waals surface area contributed by atoms with Gasteiger partial charge in [0.15, 0.2) is 27.1 Å². The fraction of sp³-hybridized carbons (Fsp3) is 0.167. The predicted molar refractivity (Wildman–Crippen MR) is 144 cm³/mol. The fourth-order valence-corrected chi connectivity index (χ4v) is 4.32. The van der Waals surface area contributed by atoms with Gasteiger partial charge in [0.05, 0.1) is 22.0 Å². The first-order chi connectivity index (χ1) is 16.1. The van der Waals surface area contributed by atoms with E-state index in [2.05, 4.69) is 20.4 Å². The van der Waals surface area contributed by atoms with E-state index in [4.69, 9.17) is 10.3 Å². The van der Waals surface area contributed by atoms with E-state index < -0.39 is 15.1 Å². The average molecular weight is 550 g/mol. The molecule has 0 saturated carbocycles. The Morgan fingerprint density at radius 2 is 1.56 bits per heavy atom. The van der Waals surface area contributed by atoms with Gasteiger partial charge in [-0.25, -0.2) is 18.4 Å². The van der Waals surface area contributed by atoms with Crippen LogP contribution < -0.4 is 11.1 Å². The zero-order chi connectivity index (χ0) is 24.5. The molecular formula is C24H25Cl2N5O4S. The van der Waals surface area contributed by atoms with Gasteiger partial charge in [-0.1, -0.05) is 29.4 Å². The van der Waals surface area contributed by atoms with Gasteiger partial charge >= 0.3 is 0 Å². The third-order valence-electron chi connectivity index (χ3n) is 5.14. The molecule has 0 aliphatic carbocycles. The van der Waals surface area contributed by atoms with Crippen molar-refractivity contribution in [3.8, 4) is 34.0 Å². The highest BCUT2D eigenvalue weighted by Crippen LogP contribution is 2.30. The zero-order valence-electron chi connectivity index (χ0n) is 19.6. The normalized spacial score (nSPS) is 10.9. The second-order valence-electron chi connectivity index (χ2n) is 7.94. The van der Waals surface area contributed by atoms with Crippen LogP contribution in [0.4, 0.5) is 11.5 Å². The Kier molecular flexibility index (Phi) is 9.20. The van der Waals surface area contributed by atoms with Crippen molar-refractivity contribution in [1.29, 1.82) is 0 Å². The van der Waals surface area contributed by atoms with E-state index in [1.54, 1.807) is 56.3 Å². The summed E-state index contributed by atoms with van der Waals surface area (Å²) < 4.78 is 30.2. The number of hydrogen-bond donors (Lipinski definition) is 2. The number of aromatic nitrogens is 3. The average Bonchev–Trinajstić information content (AvgIpc) is 3.29. The summed E-state index contributed by atoms with van der Waals surface area (Å²) in [5, 5.41) is 6.30. The van der Waals surface area contributed by atoms with E-state index in [-0.39, 0.29) is 41.4 Å². The van der Waals surface area contributed by atoms with E-state index in [9.17, 15) is 13.2 Å².